The molecule has 0 aromatic heterocycles. The zero-order valence-corrected chi connectivity index (χ0v) is 11.5. The number of benzene rings is 1. The van der Waals surface area contributed by atoms with Crippen molar-refractivity contribution in [3.05, 3.63) is 54.3 Å². The number of fused-ring (bicyclic) bond motifs is 1. The van der Waals surface area contributed by atoms with Crippen molar-refractivity contribution in [1.29, 1.82) is 0 Å². The molecule has 0 bridgehead atoms. The van der Waals surface area contributed by atoms with Crippen LogP contribution in [-0.4, -0.2) is 18.2 Å². The molecule has 21 heavy (non-hydrogen) atoms. The van der Waals surface area contributed by atoms with Gasteiger partial charge in [-0.2, -0.15) is 0 Å². The molecule has 0 spiro atoms. The fourth-order valence-electron chi connectivity index (χ4n) is 2.46. The second-order valence-corrected chi connectivity index (χ2v) is 4.74. The second kappa shape index (κ2) is 5.32. The molecule has 0 amide bonds. The maximum Gasteiger partial charge on any atom is 0.307 e. The number of aliphatic carboxylic acids is 1. The Balaban J connectivity index is 2.11. The highest BCUT2D eigenvalue weighted by molar-refractivity contribution is 5.88. The molecule has 1 aliphatic heterocycles. The van der Waals surface area contributed by atoms with Crippen LogP contribution in [0.15, 0.2) is 53.1 Å². The van der Waals surface area contributed by atoms with Gasteiger partial charge in [0.1, 0.15) is 11.5 Å². The van der Waals surface area contributed by atoms with E-state index in [1.54, 1.807) is 19.4 Å². The van der Waals surface area contributed by atoms with Crippen molar-refractivity contribution in [2.24, 2.45) is 0 Å². The van der Waals surface area contributed by atoms with Gasteiger partial charge in [0.2, 0.25) is 0 Å². The predicted molar refractivity (Wildman–Crippen MR) is 78.7 cm³/mol. The Morgan fingerprint density at radius 2 is 1.95 bits per heavy atom. The molecule has 2 aliphatic rings. The third kappa shape index (κ3) is 2.48. The summed E-state index contributed by atoms with van der Waals surface area (Å²) in [5.74, 6) is 0.540. The van der Waals surface area contributed by atoms with E-state index in [-0.39, 0.29) is 6.42 Å². The normalized spacial score (nSPS) is 10.7. The summed E-state index contributed by atoms with van der Waals surface area (Å²) >= 11 is 0. The molecule has 106 valence electrons. The van der Waals surface area contributed by atoms with Crippen molar-refractivity contribution < 1.29 is 19.1 Å². The van der Waals surface area contributed by atoms with E-state index in [4.69, 9.17) is 14.3 Å². The Kier molecular flexibility index (Phi) is 3.36. The Morgan fingerprint density at radius 3 is 2.62 bits per heavy atom. The lowest BCUT2D eigenvalue weighted by atomic mass is 10.0. The highest BCUT2D eigenvalue weighted by Crippen LogP contribution is 2.39. The first kappa shape index (κ1) is 13.2. The van der Waals surface area contributed by atoms with Crippen LogP contribution in [0.3, 0.4) is 0 Å². The van der Waals surface area contributed by atoms with Crippen molar-refractivity contribution in [2.45, 2.75) is 6.42 Å². The van der Waals surface area contributed by atoms with Crippen LogP contribution in [-0.2, 0) is 11.2 Å². The van der Waals surface area contributed by atoms with Crippen molar-refractivity contribution >= 4 is 5.97 Å². The highest BCUT2D eigenvalue weighted by atomic mass is 16.5. The van der Waals surface area contributed by atoms with E-state index in [2.05, 4.69) is 0 Å². The van der Waals surface area contributed by atoms with Gasteiger partial charge in [-0.25, -0.2) is 0 Å². The lowest BCUT2D eigenvalue weighted by molar-refractivity contribution is -0.136. The fourth-order valence-corrected chi connectivity index (χ4v) is 2.46. The Labute approximate surface area is 121 Å². The van der Waals surface area contributed by atoms with Gasteiger partial charge in [-0.3, -0.25) is 4.79 Å². The van der Waals surface area contributed by atoms with Crippen LogP contribution in [0.4, 0.5) is 0 Å². The molecule has 0 atom stereocenters. The topological polar surface area (TPSA) is 59.7 Å². The SMILES string of the molecule is COc1ccc(-c2cc(CC(=O)O)c3occcc2-3)cc1. The average Bonchev–Trinajstić information content (AvgIpc) is 2.86. The number of hydrogen-bond donors (Lipinski definition) is 1. The zero-order valence-electron chi connectivity index (χ0n) is 11.5. The number of carboxylic acids is 1. The molecule has 1 N–H and O–H groups in total. The molecule has 4 nitrogen and oxygen atoms in total. The Hall–Kier alpha value is -2.75. The molecule has 0 saturated carbocycles. The summed E-state index contributed by atoms with van der Waals surface area (Å²) in [6.07, 6.45) is 1.51. The molecular weight excluding hydrogens is 268 g/mol. The first-order valence-corrected chi connectivity index (χ1v) is 6.54. The van der Waals surface area contributed by atoms with Gasteiger partial charge in [-0.1, -0.05) is 12.1 Å². The van der Waals surface area contributed by atoms with Crippen molar-refractivity contribution in [3.8, 4) is 28.2 Å². The average molecular weight is 282 g/mol. The van der Waals surface area contributed by atoms with E-state index in [0.29, 0.717) is 11.3 Å². The molecule has 1 aromatic carbocycles. The minimum absolute atomic E-state index is 0.0554. The monoisotopic (exact) mass is 282 g/mol. The van der Waals surface area contributed by atoms with Crippen LogP contribution in [0.2, 0.25) is 0 Å². The first-order chi connectivity index (χ1) is 10.2. The summed E-state index contributed by atoms with van der Waals surface area (Å²) in [5.41, 5.74) is 3.56. The van der Waals surface area contributed by atoms with Crippen molar-refractivity contribution in [3.63, 3.8) is 0 Å². The molecule has 1 aromatic rings. The van der Waals surface area contributed by atoms with Crippen LogP contribution in [0.5, 0.6) is 5.75 Å². The van der Waals surface area contributed by atoms with Gasteiger partial charge in [0.15, 0.2) is 0 Å². The van der Waals surface area contributed by atoms with Gasteiger partial charge in [-0.15, -0.1) is 0 Å². The van der Waals surface area contributed by atoms with Crippen LogP contribution in [0.1, 0.15) is 5.56 Å². The smallest absolute Gasteiger partial charge is 0.307 e. The molecule has 0 radical (unpaired) electrons. The van der Waals surface area contributed by atoms with E-state index >= 15 is 0 Å². The van der Waals surface area contributed by atoms with E-state index in [1.807, 2.05) is 36.4 Å². The van der Waals surface area contributed by atoms with Gasteiger partial charge in [0.05, 0.1) is 19.8 Å². The lowest BCUT2D eigenvalue weighted by Crippen LogP contribution is -1.99. The number of carboxylic acid groups (broad SMARTS) is 1. The number of ether oxygens (including phenoxy) is 1. The van der Waals surface area contributed by atoms with Crippen LogP contribution in [0, 0.1) is 0 Å². The summed E-state index contributed by atoms with van der Waals surface area (Å²) in [4.78, 5) is 11.0. The third-order valence-corrected chi connectivity index (χ3v) is 3.42. The minimum atomic E-state index is -0.873. The van der Waals surface area contributed by atoms with Crippen molar-refractivity contribution in [1.82, 2.24) is 0 Å². The highest BCUT2D eigenvalue weighted by Gasteiger charge is 2.20. The van der Waals surface area contributed by atoms with E-state index in [0.717, 1.165) is 22.4 Å². The van der Waals surface area contributed by atoms with E-state index in [1.165, 1.54) is 0 Å². The van der Waals surface area contributed by atoms with Gasteiger partial charge < -0.3 is 14.3 Å². The van der Waals surface area contributed by atoms with Crippen LogP contribution in [0.25, 0.3) is 22.5 Å². The van der Waals surface area contributed by atoms with Gasteiger partial charge in [0.25, 0.3) is 0 Å². The largest absolute Gasteiger partial charge is 0.497 e. The molecule has 0 saturated heterocycles. The van der Waals surface area contributed by atoms with E-state index < -0.39 is 5.97 Å². The second-order valence-electron chi connectivity index (χ2n) is 4.74. The number of hydrogen-bond acceptors (Lipinski definition) is 3. The van der Waals surface area contributed by atoms with Gasteiger partial charge in [-0.05, 0) is 41.5 Å². The van der Waals surface area contributed by atoms with Gasteiger partial charge in [0, 0.05) is 11.1 Å². The summed E-state index contributed by atoms with van der Waals surface area (Å²) in [7, 11) is 1.62. The molecule has 3 rings (SSSR count). The molecule has 0 fully saturated rings. The predicted octanol–water partition coefficient (Wildman–Crippen LogP) is 3.69. The zero-order chi connectivity index (χ0) is 14.8. The minimum Gasteiger partial charge on any atom is -0.497 e. The summed E-state index contributed by atoms with van der Waals surface area (Å²) in [6.45, 7) is 0. The standard InChI is InChI=1S/C17H14O4/c1-20-13-6-4-11(5-7-13)15-9-12(10-16(18)19)17-14(15)3-2-8-21-17/h2-9H,10H2,1H3,(H,18,19). The maximum absolute atomic E-state index is 11.0. The lowest BCUT2D eigenvalue weighted by Gasteiger charge is -2.05. The Bertz CT molecular complexity index is 740. The van der Waals surface area contributed by atoms with Gasteiger partial charge >= 0.3 is 5.97 Å². The third-order valence-electron chi connectivity index (χ3n) is 3.42. The van der Waals surface area contributed by atoms with Crippen LogP contribution < -0.4 is 4.74 Å². The number of carbonyl (C=O) groups is 1. The molecule has 1 aliphatic carbocycles. The fraction of sp³-hybridized carbons (Fsp3) is 0.118. The number of methoxy groups -OCH3 is 1. The Morgan fingerprint density at radius 1 is 1.19 bits per heavy atom. The molecular formula is C17H14O4. The summed E-state index contributed by atoms with van der Waals surface area (Å²) in [6, 6.07) is 13.3. The molecule has 4 heteroatoms. The number of rotatable bonds is 4. The molecule has 1 heterocycles. The maximum atomic E-state index is 11.0. The van der Waals surface area contributed by atoms with Crippen LogP contribution >= 0.6 is 0 Å². The first-order valence-electron chi connectivity index (χ1n) is 6.54. The quantitative estimate of drug-likeness (QED) is 0.792. The summed E-state index contributed by atoms with van der Waals surface area (Å²) < 4.78 is 10.7. The molecule has 0 unspecified atom stereocenters. The van der Waals surface area contributed by atoms with E-state index in [9.17, 15) is 4.79 Å². The van der Waals surface area contributed by atoms with Crippen molar-refractivity contribution in [2.75, 3.05) is 7.11 Å². The summed E-state index contributed by atoms with van der Waals surface area (Å²) in [5, 5.41) is 9.02.